The molecule has 0 saturated carbocycles. The molecule has 11 heteroatoms. The van der Waals surface area contributed by atoms with E-state index in [0.29, 0.717) is 32.0 Å². The molecule has 0 radical (unpaired) electrons. The van der Waals surface area contributed by atoms with Crippen molar-refractivity contribution >= 4 is 15.6 Å². The van der Waals surface area contributed by atoms with Gasteiger partial charge in [-0.3, -0.25) is 4.79 Å². The standard InChI is InChI=1S/C19H18F6.C17H18O.C16H18O2S.C16H18O.C12H10.C10H14.4C2H6/c1-11-5-7-15(9-13(11)3)17(18(20,21)22,19(23,24)25)16-8-6-12(2)14(4)10-16;1-11-5-7-15(9-13(11)3)17(18)16-8-6-12(2)14(4)10-16;1-11-5-7-15(9-13(11)3)19(17,18)16-8-6-12(2)14(4)10-16;1-11-5-7-15(9-13(11)3)17-16-8-6-12(2)14(4)10-16;1-3-7-11(8-4-1)12-9-5-2-6-10-12;1-7-5-9(3)10(4)6-8(7)2;4*1-2/h5-10H,1-4H3;5-10H,1-4H3;5-10H,1-4H3;5-10H,1-4H3;1-10H;5-6H,1-4H3;4*1-2H3. The van der Waals surface area contributed by atoms with E-state index in [0.717, 1.165) is 80.3 Å². The number of ketones is 1. The summed E-state index contributed by atoms with van der Waals surface area (Å²) in [5, 5.41) is 0. The molecule has 0 bridgehead atoms. The molecule has 584 valence electrons. The number of rotatable bonds is 9. The fraction of sp³-hybridized carbons (Fsp3) is 0.316. The summed E-state index contributed by atoms with van der Waals surface area (Å²) in [4.78, 5) is 13.1. The zero-order valence-corrected chi connectivity index (χ0v) is 70.9. The molecule has 0 amide bonds. The van der Waals surface area contributed by atoms with Gasteiger partial charge in [0, 0.05) is 11.1 Å². The van der Waals surface area contributed by atoms with Gasteiger partial charge in [0.25, 0.3) is 0 Å². The van der Waals surface area contributed by atoms with Crippen molar-refractivity contribution in [2.75, 3.05) is 0 Å². The molecule has 0 saturated heterocycles. The molecule has 109 heavy (non-hydrogen) atoms. The first kappa shape index (κ1) is 95.5. The molecule has 4 nitrogen and oxygen atoms in total. The van der Waals surface area contributed by atoms with Crippen LogP contribution in [0.15, 0.2) is 228 Å². The number of benzene rings is 11. The van der Waals surface area contributed by atoms with Gasteiger partial charge in [0.2, 0.25) is 15.3 Å². The molecule has 0 aliphatic rings. The molecular formula is C98H120F6O4S. The SMILES string of the molecule is CC.CC.CC.CC.Cc1cc(C)c(C)cc1C.Cc1ccc(C(=O)c2ccc(C)c(C)c2)cc1C.Cc1ccc(C(c2ccc(C)c(C)c2)(C(F)(F)F)C(F)(F)F)cc1C.Cc1ccc(Oc2ccc(C)c(C)c2)cc1C.Cc1ccc(S(=O)(=O)c2ccc(C)c(C)c2)cc1C.c1ccc(-c2ccccc2)cc1. The van der Waals surface area contributed by atoms with Gasteiger partial charge in [0.1, 0.15) is 11.5 Å². The maximum absolute atomic E-state index is 14.0. The van der Waals surface area contributed by atoms with Gasteiger partial charge in [-0.2, -0.15) is 26.3 Å². The summed E-state index contributed by atoms with van der Waals surface area (Å²) in [6.45, 7) is 55.3. The maximum atomic E-state index is 14.0. The molecule has 0 unspecified atom stereocenters. The van der Waals surface area contributed by atoms with Crippen molar-refractivity contribution in [2.45, 2.75) is 221 Å². The minimum atomic E-state index is -5.55. The Kier molecular flexibility index (Phi) is 39.2. The van der Waals surface area contributed by atoms with E-state index in [1.54, 1.807) is 38.1 Å². The first-order chi connectivity index (χ1) is 51.3. The first-order valence-electron chi connectivity index (χ1n) is 37.6. The largest absolute Gasteiger partial charge is 0.457 e. The summed E-state index contributed by atoms with van der Waals surface area (Å²) in [6, 6.07) is 66.2. The Morgan fingerprint density at radius 2 is 0.486 bits per heavy atom. The van der Waals surface area contributed by atoms with Crippen LogP contribution in [-0.2, 0) is 15.3 Å². The van der Waals surface area contributed by atoms with Crippen LogP contribution in [0.2, 0.25) is 0 Å². The normalized spacial score (nSPS) is 10.6. The highest BCUT2D eigenvalue weighted by Crippen LogP contribution is 2.56. The van der Waals surface area contributed by atoms with Gasteiger partial charge < -0.3 is 4.74 Å². The predicted octanol–water partition coefficient (Wildman–Crippen LogP) is 29.3. The van der Waals surface area contributed by atoms with Crippen molar-refractivity contribution in [1.29, 1.82) is 0 Å². The maximum Gasteiger partial charge on any atom is 0.411 e. The average Bonchev–Trinajstić information content (AvgIpc) is 0.714. The van der Waals surface area contributed by atoms with E-state index in [1.165, 1.54) is 92.7 Å². The summed E-state index contributed by atoms with van der Waals surface area (Å²) >= 11 is 0. The predicted molar refractivity (Wildman–Crippen MR) is 452 cm³/mol. The smallest absolute Gasteiger partial charge is 0.411 e. The lowest BCUT2D eigenvalue weighted by molar-refractivity contribution is -0.288. The Labute approximate surface area is 652 Å². The van der Waals surface area contributed by atoms with Gasteiger partial charge in [0.15, 0.2) is 5.78 Å². The minimum Gasteiger partial charge on any atom is -0.457 e. The summed E-state index contributed by atoms with van der Waals surface area (Å²) in [5.41, 5.74) is 19.9. The third-order valence-electron chi connectivity index (χ3n) is 19.0. The Morgan fingerprint density at radius 1 is 0.257 bits per heavy atom. The second-order valence-corrected chi connectivity index (χ2v) is 28.6. The number of alkyl halides is 6. The van der Waals surface area contributed by atoms with Crippen LogP contribution >= 0.6 is 0 Å². The number of ether oxygens (including phenoxy) is 1. The molecule has 0 fully saturated rings. The van der Waals surface area contributed by atoms with E-state index in [1.807, 2.05) is 170 Å². The number of hydrogen-bond donors (Lipinski definition) is 0. The third kappa shape index (κ3) is 26.9. The average molecular weight is 1510 g/mol. The van der Waals surface area contributed by atoms with Gasteiger partial charge in [-0.15, -0.1) is 0 Å². The van der Waals surface area contributed by atoms with Crippen molar-refractivity contribution in [3.63, 3.8) is 0 Å². The Balaban J connectivity index is 0.000000443. The second-order valence-electron chi connectivity index (χ2n) is 26.6. The number of carbonyl (C=O) groups is 1. The summed E-state index contributed by atoms with van der Waals surface area (Å²) in [5.74, 6) is 1.90. The number of aryl methyl sites for hydroxylation is 20. The van der Waals surface area contributed by atoms with E-state index in [4.69, 9.17) is 4.74 Å². The minimum absolute atomic E-state index is 0.0983. The van der Waals surface area contributed by atoms with Gasteiger partial charge in [-0.1, -0.05) is 213 Å². The van der Waals surface area contributed by atoms with Gasteiger partial charge >= 0.3 is 12.4 Å². The second kappa shape index (κ2) is 44.8. The molecular weight excluding hydrogens is 1390 g/mol. The molecule has 11 aromatic rings. The van der Waals surface area contributed by atoms with Gasteiger partial charge in [-0.05, 0) is 333 Å². The quantitative estimate of drug-likeness (QED) is 0.107. The number of halogens is 6. The molecule has 0 aliphatic heterocycles. The number of hydrogen-bond acceptors (Lipinski definition) is 4. The van der Waals surface area contributed by atoms with Crippen molar-refractivity contribution in [3.05, 3.63) is 352 Å². The highest BCUT2D eigenvalue weighted by Gasteiger charge is 2.72. The highest BCUT2D eigenvalue weighted by atomic mass is 32.2. The Morgan fingerprint density at radius 3 is 0.734 bits per heavy atom. The zero-order valence-electron chi connectivity index (χ0n) is 70.1. The van der Waals surface area contributed by atoms with E-state index in [-0.39, 0.29) is 5.78 Å². The monoisotopic (exact) mass is 1510 g/mol. The van der Waals surface area contributed by atoms with E-state index >= 15 is 0 Å². The molecule has 11 aromatic carbocycles. The fourth-order valence-electron chi connectivity index (χ4n) is 10.8. The van der Waals surface area contributed by atoms with E-state index in [9.17, 15) is 39.6 Å². The third-order valence-corrected chi connectivity index (χ3v) is 20.8. The molecule has 0 aromatic heterocycles. The van der Waals surface area contributed by atoms with Crippen molar-refractivity contribution < 1.29 is 44.3 Å². The van der Waals surface area contributed by atoms with Crippen LogP contribution in [0, 0.1) is 138 Å². The summed E-state index contributed by atoms with van der Waals surface area (Å²) in [6.07, 6.45) is -11.1. The van der Waals surface area contributed by atoms with Crippen LogP contribution in [0.4, 0.5) is 26.3 Å². The Hall–Kier alpha value is -9.58. The van der Waals surface area contributed by atoms with Crippen molar-refractivity contribution in [2.24, 2.45) is 0 Å². The summed E-state index contributed by atoms with van der Waals surface area (Å²) in [7, 11) is -3.42. The van der Waals surface area contributed by atoms with E-state index < -0.39 is 38.7 Å². The molecule has 0 heterocycles. The zero-order chi connectivity index (χ0) is 83.1. The molecule has 0 aliphatic carbocycles. The molecule has 0 atom stereocenters. The Bertz CT molecular complexity index is 4480. The topological polar surface area (TPSA) is 60.4 Å². The van der Waals surface area contributed by atoms with Crippen molar-refractivity contribution in [1.82, 2.24) is 0 Å². The lowest BCUT2D eigenvalue weighted by Crippen LogP contribution is -2.54. The van der Waals surface area contributed by atoms with Crippen LogP contribution < -0.4 is 4.74 Å². The fourth-order valence-corrected chi connectivity index (χ4v) is 12.2. The van der Waals surface area contributed by atoms with Crippen LogP contribution in [0.5, 0.6) is 11.5 Å². The lowest BCUT2D eigenvalue weighted by Gasteiger charge is -2.38. The molecule has 0 N–H and O–H groups in total. The number of sulfone groups is 1. The van der Waals surface area contributed by atoms with Gasteiger partial charge in [-0.25, -0.2) is 8.42 Å². The molecule has 0 spiro atoms. The first-order valence-corrected chi connectivity index (χ1v) is 39.1. The van der Waals surface area contributed by atoms with E-state index in [2.05, 4.69) is 154 Å². The molecule has 11 rings (SSSR count). The van der Waals surface area contributed by atoms with Crippen molar-refractivity contribution in [3.8, 4) is 22.6 Å². The van der Waals surface area contributed by atoms with Crippen LogP contribution in [-0.4, -0.2) is 26.6 Å². The van der Waals surface area contributed by atoms with Crippen LogP contribution in [0.25, 0.3) is 11.1 Å². The van der Waals surface area contributed by atoms with Gasteiger partial charge in [0.05, 0.1) is 9.79 Å². The highest BCUT2D eigenvalue weighted by molar-refractivity contribution is 7.91. The summed E-state index contributed by atoms with van der Waals surface area (Å²) < 4.78 is 115. The van der Waals surface area contributed by atoms with Crippen LogP contribution in [0.1, 0.15) is 194 Å². The van der Waals surface area contributed by atoms with Crippen LogP contribution in [0.3, 0.4) is 0 Å². The lowest BCUT2D eigenvalue weighted by atomic mass is 9.71. The number of carbonyl (C=O) groups excluding carboxylic acids is 1.